The maximum Gasteiger partial charge on any atom is 0.289 e. The number of rotatable bonds is 2. The number of amides is 1. The van der Waals surface area contributed by atoms with Gasteiger partial charge in [0.05, 0.1) is 9.95 Å². The lowest BCUT2D eigenvalue weighted by atomic mass is 10.4. The van der Waals surface area contributed by atoms with Crippen LogP contribution < -0.4 is 5.32 Å². The molecule has 6 nitrogen and oxygen atoms in total. The topological polar surface area (TPSA) is 85.1 Å². The SMILES string of the molecule is CC(=O)Nc1ncc([N+](=O)[O-])cc1Cl. The Balaban J connectivity index is 3.01. The molecule has 0 aliphatic heterocycles. The fourth-order valence-electron chi connectivity index (χ4n) is 0.786. The van der Waals surface area contributed by atoms with E-state index in [0.717, 1.165) is 12.3 Å². The third-order valence-corrected chi connectivity index (χ3v) is 1.62. The van der Waals surface area contributed by atoms with Crippen molar-refractivity contribution in [3.63, 3.8) is 0 Å². The lowest BCUT2D eigenvalue weighted by molar-refractivity contribution is -0.385. The zero-order valence-electron chi connectivity index (χ0n) is 7.15. The van der Waals surface area contributed by atoms with E-state index in [2.05, 4.69) is 10.3 Å². The highest BCUT2D eigenvalue weighted by Gasteiger charge is 2.11. The molecular formula is C7H6ClN3O3. The standard InChI is InChI=1S/C7H6ClN3O3/c1-4(12)10-7-6(8)2-5(3-9-7)11(13)14/h2-3H,1H3,(H,9,10,12). The van der Waals surface area contributed by atoms with Crippen LogP contribution in [0.1, 0.15) is 6.92 Å². The molecule has 0 atom stereocenters. The van der Waals surface area contributed by atoms with Gasteiger partial charge in [-0.25, -0.2) is 4.98 Å². The molecule has 1 heterocycles. The van der Waals surface area contributed by atoms with Crippen molar-refractivity contribution in [2.75, 3.05) is 5.32 Å². The normalized spacial score (nSPS) is 9.57. The quantitative estimate of drug-likeness (QED) is 0.600. The van der Waals surface area contributed by atoms with Crippen LogP contribution in [0.3, 0.4) is 0 Å². The molecule has 0 fully saturated rings. The number of pyridine rings is 1. The molecule has 1 N–H and O–H groups in total. The van der Waals surface area contributed by atoms with Crippen LogP contribution in [0, 0.1) is 10.1 Å². The molecule has 74 valence electrons. The first kappa shape index (κ1) is 10.4. The summed E-state index contributed by atoms with van der Waals surface area (Å²) in [5.41, 5.74) is -0.218. The second-order valence-electron chi connectivity index (χ2n) is 2.46. The second-order valence-corrected chi connectivity index (χ2v) is 2.87. The van der Waals surface area contributed by atoms with E-state index in [1.165, 1.54) is 6.92 Å². The van der Waals surface area contributed by atoms with Crippen LogP contribution in [-0.2, 0) is 4.79 Å². The molecule has 0 aromatic carbocycles. The molecule has 0 spiro atoms. The molecule has 7 heteroatoms. The maximum absolute atomic E-state index is 10.6. The van der Waals surface area contributed by atoms with E-state index >= 15 is 0 Å². The Kier molecular flexibility index (Phi) is 2.98. The summed E-state index contributed by atoms with van der Waals surface area (Å²) < 4.78 is 0. The number of nitrogens with one attached hydrogen (secondary N) is 1. The summed E-state index contributed by atoms with van der Waals surface area (Å²) in [6.45, 7) is 1.29. The monoisotopic (exact) mass is 215 g/mol. The molecule has 14 heavy (non-hydrogen) atoms. The number of hydrogen-bond donors (Lipinski definition) is 1. The predicted octanol–water partition coefficient (Wildman–Crippen LogP) is 1.60. The third kappa shape index (κ3) is 2.40. The molecule has 0 saturated heterocycles. The molecule has 1 aromatic rings. The molecular weight excluding hydrogens is 210 g/mol. The van der Waals surface area contributed by atoms with Crippen LogP contribution in [0.15, 0.2) is 12.3 Å². The van der Waals surface area contributed by atoms with Gasteiger partial charge in [-0.1, -0.05) is 11.6 Å². The van der Waals surface area contributed by atoms with Gasteiger partial charge in [-0.3, -0.25) is 14.9 Å². The first-order valence-corrected chi connectivity index (χ1v) is 3.96. The number of hydrogen-bond acceptors (Lipinski definition) is 4. The van der Waals surface area contributed by atoms with Gasteiger partial charge in [0.15, 0.2) is 5.82 Å². The van der Waals surface area contributed by atoms with Crippen molar-refractivity contribution in [3.05, 3.63) is 27.4 Å². The number of carbonyl (C=O) groups excluding carboxylic acids is 1. The second kappa shape index (κ2) is 4.01. The van der Waals surface area contributed by atoms with Crippen LogP contribution in [0.4, 0.5) is 11.5 Å². The highest BCUT2D eigenvalue weighted by atomic mass is 35.5. The van der Waals surface area contributed by atoms with Crippen molar-refractivity contribution in [2.45, 2.75) is 6.92 Å². The van der Waals surface area contributed by atoms with Crippen LogP contribution in [0.25, 0.3) is 0 Å². The van der Waals surface area contributed by atoms with E-state index in [9.17, 15) is 14.9 Å². The minimum Gasteiger partial charge on any atom is -0.310 e. The van der Waals surface area contributed by atoms with E-state index in [4.69, 9.17) is 11.6 Å². The third-order valence-electron chi connectivity index (χ3n) is 1.33. The van der Waals surface area contributed by atoms with E-state index in [1.54, 1.807) is 0 Å². The van der Waals surface area contributed by atoms with E-state index in [-0.39, 0.29) is 22.4 Å². The minimum atomic E-state index is -0.615. The molecule has 0 saturated carbocycles. The highest BCUT2D eigenvalue weighted by molar-refractivity contribution is 6.33. The van der Waals surface area contributed by atoms with Crippen molar-refractivity contribution < 1.29 is 9.72 Å². The van der Waals surface area contributed by atoms with Crippen LogP contribution in [0.2, 0.25) is 5.02 Å². The summed E-state index contributed by atoms with van der Waals surface area (Å²) in [5, 5.41) is 12.7. The largest absolute Gasteiger partial charge is 0.310 e. The summed E-state index contributed by atoms with van der Waals surface area (Å²) >= 11 is 5.64. The fourth-order valence-corrected chi connectivity index (χ4v) is 0.994. The van der Waals surface area contributed by atoms with Crippen LogP contribution >= 0.6 is 11.6 Å². The van der Waals surface area contributed by atoms with E-state index < -0.39 is 4.92 Å². The number of aromatic nitrogens is 1. The van der Waals surface area contributed by atoms with Gasteiger partial charge < -0.3 is 5.32 Å². The number of nitrogens with zero attached hydrogens (tertiary/aromatic N) is 2. The van der Waals surface area contributed by atoms with Crippen molar-refractivity contribution in [2.24, 2.45) is 0 Å². The molecule has 1 amide bonds. The van der Waals surface area contributed by atoms with E-state index in [0.29, 0.717) is 0 Å². The summed E-state index contributed by atoms with van der Waals surface area (Å²) in [4.78, 5) is 24.0. The molecule has 0 aliphatic carbocycles. The molecule has 0 aliphatic rings. The Morgan fingerprint density at radius 1 is 1.71 bits per heavy atom. The smallest absolute Gasteiger partial charge is 0.289 e. The lowest BCUT2D eigenvalue weighted by Gasteiger charge is -2.02. The Bertz CT molecular complexity index is 394. The van der Waals surface area contributed by atoms with Crippen molar-refractivity contribution in [3.8, 4) is 0 Å². The summed E-state index contributed by atoms with van der Waals surface area (Å²) in [6, 6.07) is 1.12. The Morgan fingerprint density at radius 2 is 2.36 bits per heavy atom. The van der Waals surface area contributed by atoms with Gasteiger partial charge in [-0.2, -0.15) is 0 Å². The first-order valence-electron chi connectivity index (χ1n) is 3.58. The number of carbonyl (C=O) groups is 1. The molecule has 0 bridgehead atoms. The molecule has 1 rings (SSSR count). The van der Waals surface area contributed by atoms with Gasteiger partial charge in [0.25, 0.3) is 5.69 Å². The zero-order chi connectivity index (χ0) is 10.7. The molecule has 0 radical (unpaired) electrons. The van der Waals surface area contributed by atoms with E-state index in [1.807, 2.05) is 0 Å². The fraction of sp³-hybridized carbons (Fsp3) is 0.143. The Labute approximate surface area is 84.0 Å². The lowest BCUT2D eigenvalue weighted by Crippen LogP contribution is -2.08. The average Bonchev–Trinajstić information content (AvgIpc) is 2.07. The van der Waals surface area contributed by atoms with Gasteiger partial charge in [0.1, 0.15) is 6.20 Å². The summed E-state index contributed by atoms with van der Waals surface area (Å²) in [7, 11) is 0. The van der Waals surface area contributed by atoms with Crippen molar-refractivity contribution in [1.29, 1.82) is 0 Å². The number of halogens is 1. The molecule has 0 unspecified atom stereocenters. The van der Waals surface area contributed by atoms with Gasteiger partial charge >= 0.3 is 0 Å². The Hall–Kier alpha value is -1.69. The minimum absolute atomic E-state index is 0.0365. The van der Waals surface area contributed by atoms with Crippen LogP contribution in [-0.4, -0.2) is 15.8 Å². The average molecular weight is 216 g/mol. The summed E-state index contributed by atoms with van der Waals surface area (Å²) in [6.07, 6.45) is 1.02. The number of anilines is 1. The van der Waals surface area contributed by atoms with Gasteiger partial charge in [-0.15, -0.1) is 0 Å². The van der Waals surface area contributed by atoms with Crippen molar-refractivity contribution in [1.82, 2.24) is 4.98 Å². The Morgan fingerprint density at radius 3 is 2.79 bits per heavy atom. The highest BCUT2D eigenvalue weighted by Crippen LogP contribution is 2.23. The van der Waals surface area contributed by atoms with Gasteiger partial charge in [-0.05, 0) is 0 Å². The first-order chi connectivity index (χ1) is 6.50. The maximum atomic E-state index is 10.6. The molecule has 1 aromatic heterocycles. The summed E-state index contributed by atoms with van der Waals surface area (Å²) in [5.74, 6) is -0.224. The zero-order valence-corrected chi connectivity index (χ0v) is 7.91. The predicted molar refractivity (Wildman–Crippen MR) is 50.2 cm³/mol. The van der Waals surface area contributed by atoms with Gasteiger partial charge in [0, 0.05) is 13.0 Å². The van der Waals surface area contributed by atoms with Gasteiger partial charge in [0.2, 0.25) is 5.91 Å². The number of nitro groups is 1. The van der Waals surface area contributed by atoms with Crippen LogP contribution in [0.5, 0.6) is 0 Å². The van der Waals surface area contributed by atoms with Crippen molar-refractivity contribution >= 4 is 29.0 Å².